The van der Waals surface area contributed by atoms with Crippen molar-refractivity contribution in [1.82, 2.24) is 0 Å². The molecule has 1 aliphatic heterocycles. The number of carbonyl (C=O) groups is 1. The average Bonchev–Trinajstić information content (AvgIpc) is 2.21. The molecule has 0 amide bonds. The van der Waals surface area contributed by atoms with Crippen LogP contribution in [0.2, 0.25) is 0 Å². The maximum Gasteiger partial charge on any atom is 0.163 e. The van der Waals surface area contributed by atoms with Gasteiger partial charge < -0.3 is 4.74 Å². The van der Waals surface area contributed by atoms with E-state index in [4.69, 9.17) is 4.74 Å². The standard InChI is InChI=1S/C14H16O2/c1-10-4-5-11(2)13(8-10)14(3)9-12(15)6-7-16-14/h4-8H,9H2,1-3H3. The molecule has 0 saturated carbocycles. The van der Waals surface area contributed by atoms with Gasteiger partial charge in [-0.15, -0.1) is 0 Å². The fraction of sp³-hybridized carbons (Fsp3) is 0.357. The van der Waals surface area contributed by atoms with Gasteiger partial charge in [0.15, 0.2) is 5.78 Å². The van der Waals surface area contributed by atoms with E-state index in [0.717, 1.165) is 11.1 Å². The first-order valence-corrected chi connectivity index (χ1v) is 5.46. The van der Waals surface area contributed by atoms with Gasteiger partial charge in [0.25, 0.3) is 0 Å². The summed E-state index contributed by atoms with van der Waals surface area (Å²) in [6, 6.07) is 6.24. The van der Waals surface area contributed by atoms with Crippen LogP contribution in [0.15, 0.2) is 30.5 Å². The second kappa shape index (κ2) is 3.78. The molecular formula is C14H16O2. The van der Waals surface area contributed by atoms with Gasteiger partial charge in [-0.25, -0.2) is 0 Å². The maximum absolute atomic E-state index is 11.5. The van der Waals surface area contributed by atoms with Crippen LogP contribution in [0.5, 0.6) is 0 Å². The van der Waals surface area contributed by atoms with E-state index < -0.39 is 5.60 Å². The lowest BCUT2D eigenvalue weighted by atomic mass is 9.85. The van der Waals surface area contributed by atoms with Crippen molar-refractivity contribution in [3.8, 4) is 0 Å². The van der Waals surface area contributed by atoms with Crippen LogP contribution >= 0.6 is 0 Å². The zero-order chi connectivity index (χ0) is 11.8. The second-order valence-electron chi connectivity index (χ2n) is 4.61. The van der Waals surface area contributed by atoms with Crippen molar-refractivity contribution in [3.63, 3.8) is 0 Å². The molecule has 0 aliphatic carbocycles. The Morgan fingerprint density at radius 1 is 1.31 bits per heavy atom. The summed E-state index contributed by atoms with van der Waals surface area (Å²) >= 11 is 0. The molecule has 1 unspecified atom stereocenters. The first kappa shape index (κ1) is 10.9. The fourth-order valence-corrected chi connectivity index (χ4v) is 2.16. The highest BCUT2D eigenvalue weighted by molar-refractivity contribution is 5.91. The van der Waals surface area contributed by atoms with Crippen molar-refractivity contribution in [2.75, 3.05) is 0 Å². The lowest BCUT2D eigenvalue weighted by Gasteiger charge is -2.32. The Bertz CT molecular complexity index is 460. The van der Waals surface area contributed by atoms with Crippen LogP contribution in [-0.2, 0) is 15.1 Å². The minimum absolute atomic E-state index is 0.120. The van der Waals surface area contributed by atoms with Gasteiger partial charge >= 0.3 is 0 Å². The summed E-state index contributed by atoms with van der Waals surface area (Å²) < 4.78 is 5.66. The minimum atomic E-state index is -0.512. The van der Waals surface area contributed by atoms with E-state index in [9.17, 15) is 4.79 Å². The van der Waals surface area contributed by atoms with Gasteiger partial charge in [-0.3, -0.25) is 4.79 Å². The lowest BCUT2D eigenvalue weighted by molar-refractivity contribution is -0.122. The smallest absolute Gasteiger partial charge is 0.163 e. The number of hydrogen-bond acceptors (Lipinski definition) is 2. The molecule has 1 aromatic rings. The van der Waals surface area contributed by atoms with Crippen molar-refractivity contribution in [2.24, 2.45) is 0 Å². The Morgan fingerprint density at radius 2 is 2.06 bits per heavy atom. The second-order valence-corrected chi connectivity index (χ2v) is 4.61. The summed E-state index contributed by atoms with van der Waals surface area (Å²) in [7, 11) is 0. The molecule has 0 saturated heterocycles. The summed E-state index contributed by atoms with van der Waals surface area (Å²) in [4.78, 5) is 11.5. The highest BCUT2D eigenvalue weighted by Gasteiger charge is 2.33. The number of rotatable bonds is 1. The highest BCUT2D eigenvalue weighted by atomic mass is 16.5. The van der Waals surface area contributed by atoms with Gasteiger partial charge in [0.05, 0.1) is 12.7 Å². The van der Waals surface area contributed by atoms with Crippen molar-refractivity contribution < 1.29 is 9.53 Å². The largest absolute Gasteiger partial charge is 0.490 e. The van der Waals surface area contributed by atoms with E-state index in [1.54, 1.807) is 0 Å². The SMILES string of the molecule is Cc1ccc(C)c(C2(C)CC(=O)C=CO2)c1. The van der Waals surface area contributed by atoms with E-state index >= 15 is 0 Å². The Morgan fingerprint density at radius 3 is 2.75 bits per heavy atom. The Balaban J connectivity index is 2.46. The molecule has 1 aromatic carbocycles. The normalized spacial score (nSPS) is 24.3. The number of hydrogen-bond donors (Lipinski definition) is 0. The number of benzene rings is 1. The van der Waals surface area contributed by atoms with Crippen LogP contribution in [0.3, 0.4) is 0 Å². The van der Waals surface area contributed by atoms with Crippen molar-refractivity contribution >= 4 is 5.78 Å². The molecule has 1 aliphatic rings. The maximum atomic E-state index is 11.5. The third-order valence-corrected chi connectivity index (χ3v) is 3.06. The lowest BCUT2D eigenvalue weighted by Crippen LogP contribution is -2.30. The first-order chi connectivity index (χ1) is 7.51. The van der Waals surface area contributed by atoms with Crippen molar-refractivity contribution in [2.45, 2.75) is 32.8 Å². The third-order valence-electron chi connectivity index (χ3n) is 3.06. The van der Waals surface area contributed by atoms with E-state index in [1.807, 2.05) is 20.8 Å². The summed E-state index contributed by atoms with van der Waals surface area (Å²) in [5.74, 6) is 0.120. The van der Waals surface area contributed by atoms with Crippen LogP contribution < -0.4 is 0 Å². The zero-order valence-corrected chi connectivity index (χ0v) is 9.91. The fourth-order valence-electron chi connectivity index (χ4n) is 2.16. The summed E-state index contributed by atoms with van der Waals surface area (Å²) in [6.07, 6.45) is 3.41. The molecule has 84 valence electrons. The topological polar surface area (TPSA) is 26.3 Å². The quantitative estimate of drug-likeness (QED) is 0.721. The van der Waals surface area contributed by atoms with E-state index in [1.165, 1.54) is 17.9 Å². The molecule has 0 N–H and O–H groups in total. The Kier molecular flexibility index (Phi) is 2.58. The van der Waals surface area contributed by atoms with Gasteiger partial charge in [-0.05, 0) is 31.9 Å². The van der Waals surface area contributed by atoms with E-state index in [2.05, 4.69) is 18.2 Å². The van der Waals surface area contributed by atoms with E-state index in [-0.39, 0.29) is 5.78 Å². The zero-order valence-electron chi connectivity index (χ0n) is 9.91. The third kappa shape index (κ3) is 1.87. The molecule has 0 fully saturated rings. The van der Waals surface area contributed by atoms with Gasteiger partial charge in [-0.2, -0.15) is 0 Å². The first-order valence-electron chi connectivity index (χ1n) is 5.46. The molecule has 1 atom stereocenters. The molecular weight excluding hydrogens is 200 g/mol. The van der Waals surface area contributed by atoms with Gasteiger partial charge in [0.1, 0.15) is 5.60 Å². The molecule has 16 heavy (non-hydrogen) atoms. The molecule has 0 aromatic heterocycles. The van der Waals surface area contributed by atoms with Crippen LogP contribution in [0.1, 0.15) is 30.0 Å². The van der Waals surface area contributed by atoms with Crippen LogP contribution in [-0.4, -0.2) is 5.78 Å². The minimum Gasteiger partial charge on any atom is -0.490 e. The predicted octanol–water partition coefficient (Wildman–Crippen LogP) is 3.02. The summed E-state index contributed by atoms with van der Waals surface area (Å²) in [6.45, 7) is 6.06. The molecule has 0 radical (unpaired) electrons. The number of allylic oxidation sites excluding steroid dienone is 1. The van der Waals surface area contributed by atoms with E-state index in [0.29, 0.717) is 6.42 Å². The summed E-state index contributed by atoms with van der Waals surface area (Å²) in [5, 5.41) is 0. The van der Waals surface area contributed by atoms with Crippen molar-refractivity contribution in [1.29, 1.82) is 0 Å². The summed E-state index contributed by atoms with van der Waals surface area (Å²) in [5.41, 5.74) is 2.94. The van der Waals surface area contributed by atoms with Gasteiger partial charge in [-0.1, -0.05) is 23.8 Å². The Labute approximate surface area is 95.9 Å². The molecule has 2 nitrogen and oxygen atoms in total. The highest BCUT2D eigenvalue weighted by Crippen LogP contribution is 2.34. The van der Waals surface area contributed by atoms with Crippen LogP contribution in [0, 0.1) is 13.8 Å². The Hall–Kier alpha value is -1.57. The monoisotopic (exact) mass is 216 g/mol. The molecule has 2 rings (SSSR count). The predicted molar refractivity (Wildman–Crippen MR) is 63.1 cm³/mol. The van der Waals surface area contributed by atoms with Crippen LogP contribution in [0.4, 0.5) is 0 Å². The molecule has 1 heterocycles. The molecule has 2 heteroatoms. The molecule has 0 spiro atoms. The number of carbonyl (C=O) groups excluding carboxylic acids is 1. The van der Waals surface area contributed by atoms with Gasteiger partial charge in [0.2, 0.25) is 0 Å². The van der Waals surface area contributed by atoms with Crippen molar-refractivity contribution in [3.05, 3.63) is 47.2 Å². The number of ether oxygens (including phenoxy) is 1. The molecule has 0 bridgehead atoms. The van der Waals surface area contributed by atoms with Crippen LogP contribution in [0.25, 0.3) is 0 Å². The average molecular weight is 216 g/mol. The number of ketones is 1. The number of aryl methyl sites for hydroxylation is 2. The van der Waals surface area contributed by atoms with Gasteiger partial charge in [0, 0.05) is 6.08 Å².